The first-order valence-corrected chi connectivity index (χ1v) is 4.36. The second-order valence-electron chi connectivity index (χ2n) is 3.04. The summed E-state index contributed by atoms with van der Waals surface area (Å²) < 4.78 is 0. The lowest BCUT2D eigenvalue weighted by atomic mass is 10.1. The first-order valence-electron chi connectivity index (χ1n) is 4.36. The molecule has 1 aliphatic rings. The van der Waals surface area contributed by atoms with Gasteiger partial charge >= 0.3 is 0 Å². The predicted octanol–water partition coefficient (Wildman–Crippen LogP) is 2.13. The van der Waals surface area contributed by atoms with Gasteiger partial charge in [-0.25, -0.2) is 0 Å². The molecule has 0 spiro atoms. The zero-order valence-corrected chi connectivity index (χ0v) is 7.58. The van der Waals surface area contributed by atoms with E-state index in [1.165, 1.54) is 0 Å². The van der Waals surface area contributed by atoms with E-state index in [0.717, 1.165) is 16.8 Å². The molecule has 2 nitrogen and oxygen atoms in total. The van der Waals surface area contributed by atoms with E-state index in [2.05, 4.69) is 6.58 Å². The number of carbonyl (C=O) groups is 1. The fourth-order valence-corrected chi connectivity index (χ4v) is 1.67. The second-order valence-corrected chi connectivity index (χ2v) is 3.04. The number of hydrogen-bond donors (Lipinski definition) is 0. The van der Waals surface area contributed by atoms with Gasteiger partial charge in [-0.05, 0) is 13.0 Å². The van der Waals surface area contributed by atoms with Crippen molar-refractivity contribution < 1.29 is 4.79 Å². The van der Waals surface area contributed by atoms with Gasteiger partial charge in [0.2, 0.25) is 0 Å². The van der Waals surface area contributed by atoms with Gasteiger partial charge < -0.3 is 4.90 Å². The van der Waals surface area contributed by atoms with Gasteiger partial charge in [-0.15, -0.1) is 0 Å². The lowest BCUT2D eigenvalue weighted by molar-refractivity contribution is 0.0856. The summed E-state index contributed by atoms with van der Waals surface area (Å²) in [6, 6.07) is 7.59. The number of amides is 1. The Bertz CT molecular complexity index is 346. The summed E-state index contributed by atoms with van der Waals surface area (Å²) in [5, 5.41) is 0. The monoisotopic (exact) mass is 173 g/mol. The van der Waals surface area contributed by atoms with Crippen LogP contribution in [0.2, 0.25) is 0 Å². The first kappa shape index (κ1) is 8.05. The largest absolute Gasteiger partial charge is 0.309 e. The molecule has 1 aromatic rings. The Morgan fingerprint density at radius 3 is 2.46 bits per heavy atom. The van der Waals surface area contributed by atoms with Crippen molar-refractivity contribution in [1.82, 2.24) is 4.90 Å². The van der Waals surface area contributed by atoms with Gasteiger partial charge in [0.25, 0.3) is 5.91 Å². The van der Waals surface area contributed by atoms with Crippen LogP contribution in [0.5, 0.6) is 0 Å². The Hall–Kier alpha value is -1.57. The molecule has 0 N–H and O–H groups in total. The Balaban J connectivity index is 2.57. The quantitative estimate of drug-likeness (QED) is 0.637. The van der Waals surface area contributed by atoms with E-state index < -0.39 is 0 Å². The van der Waals surface area contributed by atoms with Crippen LogP contribution < -0.4 is 0 Å². The number of benzene rings is 1. The van der Waals surface area contributed by atoms with Crippen molar-refractivity contribution in [1.29, 1.82) is 0 Å². The average Bonchev–Trinajstić information content (AvgIpc) is 2.41. The molecule has 0 aromatic heterocycles. The summed E-state index contributed by atoms with van der Waals surface area (Å²) in [7, 11) is 0. The predicted molar refractivity (Wildman–Crippen MR) is 52.2 cm³/mol. The van der Waals surface area contributed by atoms with Crippen LogP contribution in [-0.4, -0.2) is 17.4 Å². The first-order chi connectivity index (χ1) is 6.25. The fraction of sp³-hybridized carbons (Fsp3) is 0.182. The molecule has 0 saturated carbocycles. The smallest absolute Gasteiger partial charge is 0.258 e. The van der Waals surface area contributed by atoms with Crippen molar-refractivity contribution in [3.8, 4) is 0 Å². The van der Waals surface area contributed by atoms with E-state index in [4.69, 9.17) is 0 Å². The lowest BCUT2D eigenvalue weighted by Crippen LogP contribution is -2.21. The van der Waals surface area contributed by atoms with E-state index in [-0.39, 0.29) is 5.91 Å². The summed E-state index contributed by atoms with van der Waals surface area (Å²) in [6.07, 6.45) is 0. The van der Waals surface area contributed by atoms with Gasteiger partial charge in [-0.1, -0.05) is 24.8 Å². The maximum atomic E-state index is 11.7. The highest BCUT2D eigenvalue weighted by Crippen LogP contribution is 2.30. The van der Waals surface area contributed by atoms with Crippen molar-refractivity contribution in [2.45, 2.75) is 6.92 Å². The summed E-state index contributed by atoms with van der Waals surface area (Å²) >= 11 is 0. The maximum absolute atomic E-state index is 11.7. The molecule has 66 valence electrons. The Morgan fingerprint density at radius 1 is 1.31 bits per heavy atom. The third-order valence-electron chi connectivity index (χ3n) is 2.36. The van der Waals surface area contributed by atoms with Crippen LogP contribution in [0.3, 0.4) is 0 Å². The van der Waals surface area contributed by atoms with E-state index in [9.17, 15) is 4.79 Å². The summed E-state index contributed by atoms with van der Waals surface area (Å²) in [6.45, 7) is 6.54. The standard InChI is InChI=1S/C11H11NO/c1-3-12-8(2)9-6-4-5-7-10(9)11(12)13/h4-7H,2-3H2,1H3. The number of rotatable bonds is 1. The minimum atomic E-state index is 0.0723. The SMILES string of the molecule is C=C1c2ccccc2C(=O)N1CC. The van der Waals surface area contributed by atoms with Gasteiger partial charge in [0.1, 0.15) is 0 Å². The van der Waals surface area contributed by atoms with Crippen LogP contribution in [0, 0.1) is 0 Å². The number of fused-ring (bicyclic) bond motifs is 1. The Morgan fingerprint density at radius 2 is 1.92 bits per heavy atom. The zero-order valence-electron chi connectivity index (χ0n) is 7.58. The number of nitrogens with zero attached hydrogens (tertiary/aromatic N) is 1. The molecule has 0 radical (unpaired) electrons. The Kier molecular flexibility index (Phi) is 1.69. The molecule has 1 aromatic carbocycles. The van der Waals surface area contributed by atoms with Gasteiger partial charge in [0.15, 0.2) is 0 Å². The molecule has 0 saturated heterocycles. The minimum absolute atomic E-state index is 0.0723. The van der Waals surface area contributed by atoms with Gasteiger partial charge in [-0.3, -0.25) is 4.79 Å². The molecule has 0 aliphatic carbocycles. The topological polar surface area (TPSA) is 20.3 Å². The van der Waals surface area contributed by atoms with E-state index in [1.807, 2.05) is 31.2 Å². The van der Waals surface area contributed by atoms with Gasteiger partial charge in [0.05, 0.1) is 0 Å². The fourth-order valence-electron chi connectivity index (χ4n) is 1.67. The minimum Gasteiger partial charge on any atom is -0.309 e. The van der Waals surface area contributed by atoms with Crippen molar-refractivity contribution in [2.24, 2.45) is 0 Å². The molecular weight excluding hydrogens is 162 g/mol. The molecule has 1 aliphatic heterocycles. The van der Waals surface area contributed by atoms with E-state index in [0.29, 0.717) is 6.54 Å². The molecular formula is C11H11NO. The highest BCUT2D eigenvalue weighted by atomic mass is 16.2. The summed E-state index contributed by atoms with van der Waals surface area (Å²) in [4.78, 5) is 13.4. The maximum Gasteiger partial charge on any atom is 0.258 e. The van der Waals surface area contributed by atoms with Gasteiger partial charge in [0, 0.05) is 23.4 Å². The van der Waals surface area contributed by atoms with Crippen molar-refractivity contribution >= 4 is 11.6 Å². The molecule has 2 heteroatoms. The van der Waals surface area contributed by atoms with Crippen LogP contribution in [-0.2, 0) is 0 Å². The van der Waals surface area contributed by atoms with Crippen LogP contribution in [0.15, 0.2) is 30.8 Å². The van der Waals surface area contributed by atoms with Crippen LogP contribution >= 0.6 is 0 Å². The normalized spacial score (nSPS) is 15.0. The number of carbonyl (C=O) groups excluding carboxylic acids is 1. The van der Waals surface area contributed by atoms with Crippen molar-refractivity contribution in [2.75, 3.05) is 6.54 Å². The molecule has 0 unspecified atom stereocenters. The summed E-state index contributed by atoms with van der Waals surface area (Å²) in [5.74, 6) is 0.0723. The van der Waals surface area contributed by atoms with E-state index in [1.54, 1.807) is 4.90 Å². The third kappa shape index (κ3) is 0.985. The van der Waals surface area contributed by atoms with Crippen molar-refractivity contribution in [3.05, 3.63) is 42.0 Å². The van der Waals surface area contributed by atoms with E-state index >= 15 is 0 Å². The highest BCUT2D eigenvalue weighted by molar-refractivity contribution is 6.08. The van der Waals surface area contributed by atoms with Crippen LogP contribution in [0.4, 0.5) is 0 Å². The highest BCUT2D eigenvalue weighted by Gasteiger charge is 2.28. The average molecular weight is 173 g/mol. The molecule has 1 heterocycles. The summed E-state index contributed by atoms with van der Waals surface area (Å²) in [5.41, 5.74) is 2.56. The Labute approximate surface area is 77.5 Å². The molecule has 0 bridgehead atoms. The molecule has 2 rings (SSSR count). The molecule has 13 heavy (non-hydrogen) atoms. The van der Waals surface area contributed by atoms with Crippen LogP contribution in [0.25, 0.3) is 5.70 Å². The number of hydrogen-bond acceptors (Lipinski definition) is 1. The lowest BCUT2D eigenvalue weighted by Gasteiger charge is -2.13. The third-order valence-corrected chi connectivity index (χ3v) is 2.36. The molecule has 0 fully saturated rings. The second kappa shape index (κ2) is 2.73. The van der Waals surface area contributed by atoms with Crippen LogP contribution in [0.1, 0.15) is 22.8 Å². The van der Waals surface area contributed by atoms with Crippen molar-refractivity contribution in [3.63, 3.8) is 0 Å². The molecule has 1 amide bonds. The molecule has 0 atom stereocenters. The zero-order chi connectivity index (χ0) is 9.42. The van der Waals surface area contributed by atoms with Gasteiger partial charge in [-0.2, -0.15) is 0 Å².